The van der Waals surface area contributed by atoms with Gasteiger partial charge in [-0.1, -0.05) is 41.5 Å². The van der Waals surface area contributed by atoms with Gasteiger partial charge in [0.1, 0.15) is 0 Å². The molecule has 0 spiro atoms. The minimum atomic E-state index is -0.324. The molecule has 3 heteroatoms. The molecule has 0 aliphatic carbocycles. The van der Waals surface area contributed by atoms with Gasteiger partial charge in [-0.15, -0.1) is 0 Å². The van der Waals surface area contributed by atoms with Crippen molar-refractivity contribution in [3.63, 3.8) is 0 Å². The minimum Gasteiger partial charge on any atom is -0.346 e. The summed E-state index contributed by atoms with van der Waals surface area (Å²) < 4.78 is 0. The van der Waals surface area contributed by atoms with Gasteiger partial charge in [0, 0.05) is 11.8 Å². The lowest BCUT2D eigenvalue weighted by Crippen LogP contribution is -2.45. The number of carbonyl (C=O) groups excluding carboxylic acids is 2. The van der Waals surface area contributed by atoms with Crippen LogP contribution in [0.2, 0.25) is 0 Å². The van der Waals surface area contributed by atoms with E-state index in [4.69, 9.17) is 0 Å². The van der Waals surface area contributed by atoms with Crippen molar-refractivity contribution in [1.82, 2.24) is 5.32 Å². The van der Waals surface area contributed by atoms with Gasteiger partial charge in [0.15, 0.2) is 5.78 Å². The summed E-state index contributed by atoms with van der Waals surface area (Å²) in [6.07, 6.45) is 0.718. The van der Waals surface area contributed by atoms with Crippen molar-refractivity contribution in [3.05, 3.63) is 0 Å². The highest BCUT2D eigenvalue weighted by molar-refractivity contribution is 5.90. The molecule has 3 nitrogen and oxygen atoms in total. The van der Waals surface area contributed by atoms with E-state index in [-0.39, 0.29) is 29.6 Å². The average Bonchev–Trinajstić information content (AvgIpc) is 2.14. The normalized spacial score (nSPS) is 13.3. The van der Waals surface area contributed by atoms with Gasteiger partial charge < -0.3 is 5.32 Å². The molecule has 94 valence electrons. The second-order valence-corrected chi connectivity index (χ2v) is 5.40. The van der Waals surface area contributed by atoms with Crippen LogP contribution in [0.15, 0.2) is 0 Å². The molecular formula is C13H25NO2. The molecule has 1 unspecified atom stereocenters. The van der Waals surface area contributed by atoms with E-state index in [9.17, 15) is 9.59 Å². The average molecular weight is 233 g/mol. The quantitative estimate of drug-likeness (QED) is 0.435. The molecule has 16 heavy (non-hydrogen) atoms. The van der Waals surface area contributed by atoms with Gasteiger partial charge in [0.05, 0.1) is 6.04 Å². The van der Waals surface area contributed by atoms with E-state index in [1.165, 1.54) is 0 Å². The van der Waals surface area contributed by atoms with Crippen molar-refractivity contribution in [2.45, 2.75) is 54.0 Å². The SMILES string of the molecule is CC(C)CC([15NH][13C](=[18O])C(C)C)C(=[18O])C(C)C. The Bertz CT molecular complexity index is 244. The minimum absolute atomic E-state index is 0.0313. The summed E-state index contributed by atoms with van der Waals surface area (Å²) in [5.41, 5.74) is 0. The summed E-state index contributed by atoms with van der Waals surface area (Å²) in [6.45, 7) is 11.5. The van der Waals surface area contributed by atoms with E-state index in [1.807, 2.05) is 27.7 Å². The smallest absolute Gasteiger partial charge is 0.223 e. The zero-order valence-electron chi connectivity index (χ0n) is 11.3. The number of nitrogens with one attached hydrogen (secondary N) is 1. The van der Waals surface area contributed by atoms with Crippen LogP contribution in [0.1, 0.15) is 48.0 Å². The van der Waals surface area contributed by atoms with Crippen molar-refractivity contribution < 1.29 is 9.59 Å². The Morgan fingerprint density at radius 2 is 1.44 bits per heavy atom. The fourth-order valence-electron chi connectivity index (χ4n) is 1.46. The Labute approximate surface area is 99.0 Å². The van der Waals surface area contributed by atoms with Crippen LogP contribution in [0.4, 0.5) is 0 Å². The molecule has 1 amide bonds. The Morgan fingerprint density at radius 3 is 1.75 bits per heavy atom. The van der Waals surface area contributed by atoms with Crippen molar-refractivity contribution >= 4 is 11.7 Å². The van der Waals surface area contributed by atoms with Crippen LogP contribution in [-0.2, 0) is 9.59 Å². The number of rotatable bonds is 6. The number of Topliss-reactive ketones (excluding diaryl/α,β-unsaturated/α-hetero) is 1. The summed E-state index contributed by atoms with van der Waals surface area (Å²) in [4.78, 5) is 23.5. The third kappa shape index (κ3) is 5.29. The molecule has 0 aromatic carbocycles. The third-order valence-electron chi connectivity index (χ3n) is 2.46. The van der Waals surface area contributed by atoms with Gasteiger partial charge in [-0.3, -0.25) is 9.59 Å². The zero-order valence-corrected chi connectivity index (χ0v) is 11.3. The van der Waals surface area contributed by atoms with E-state index in [0.717, 1.165) is 6.42 Å². The summed E-state index contributed by atoms with van der Waals surface area (Å²) in [6, 6.07) is -0.324. The van der Waals surface area contributed by atoms with Gasteiger partial charge in [-0.2, -0.15) is 0 Å². The summed E-state index contributed by atoms with van der Waals surface area (Å²) in [5.74, 6) is 0.383. The molecule has 0 bridgehead atoms. The van der Waals surface area contributed by atoms with Crippen molar-refractivity contribution in [1.29, 1.82) is 0 Å². The molecule has 0 radical (unpaired) electrons. The monoisotopic (exact) mass is 233 g/mol. The maximum atomic E-state index is 11.9. The van der Waals surface area contributed by atoms with Crippen LogP contribution in [-0.4, -0.2) is 17.7 Å². The first-order valence-corrected chi connectivity index (χ1v) is 6.09. The second kappa shape index (κ2) is 6.66. The van der Waals surface area contributed by atoms with Crippen molar-refractivity contribution in [2.24, 2.45) is 17.8 Å². The number of hydrogen-bond acceptors (Lipinski definition) is 2. The van der Waals surface area contributed by atoms with E-state index in [2.05, 4.69) is 19.2 Å². The molecule has 0 aliphatic rings. The summed E-state index contributed by atoms with van der Waals surface area (Å²) in [7, 11) is 0. The van der Waals surface area contributed by atoms with Gasteiger partial charge in [-0.05, 0) is 12.3 Å². The van der Waals surface area contributed by atoms with Crippen LogP contribution in [0.5, 0.6) is 0 Å². The lowest BCUT2D eigenvalue weighted by atomic mass is 9.96. The number of ketones is 1. The molecule has 0 saturated carbocycles. The van der Waals surface area contributed by atoms with Crippen LogP contribution < -0.4 is 5.32 Å². The molecule has 1 atom stereocenters. The zero-order chi connectivity index (χ0) is 12.9. The largest absolute Gasteiger partial charge is 0.346 e. The molecule has 1 N–H and O–H groups in total. The van der Waals surface area contributed by atoms with Crippen molar-refractivity contribution in [3.8, 4) is 0 Å². The highest BCUT2D eigenvalue weighted by atomic mass is 18.1. The lowest BCUT2D eigenvalue weighted by molar-refractivity contribution is -0.131. The molecule has 0 fully saturated rings. The second-order valence-electron chi connectivity index (χ2n) is 5.40. The molecule has 0 rings (SSSR count). The van der Waals surface area contributed by atoms with E-state index in [0.29, 0.717) is 5.92 Å². The Balaban J connectivity index is 4.55. The Morgan fingerprint density at radius 1 is 0.938 bits per heavy atom. The van der Waals surface area contributed by atoms with Gasteiger partial charge in [0.25, 0.3) is 0 Å². The van der Waals surface area contributed by atoms with E-state index < -0.39 is 0 Å². The highest BCUT2D eigenvalue weighted by Gasteiger charge is 2.24. The predicted molar refractivity (Wildman–Crippen MR) is 66.1 cm³/mol. The van der Waals surface area contributed by atoms with E-state index >= 15 is 0 Å². The van der Waals surface area contributed by atoms with Crippen LogP contribution in [0.3, 0.4) is 0 Å². The third-order valence-corrected chi connectivity index (χ3v) is 2.46. The Hall–Kier alpha value is -0.860. The summed E-state index contributed by atoms with van der Waals surface area (Å²) in [5, 5.41) is 2.84. The standard InChI is InChI=1S/C13H25NO2/c1-8(2)7-11(12(15)9(3)4)14-13(16)10(5)6/h8-11H,7H2,1-6H3,(H,14,16)/i13+1,14+1,15+2,16+2. The highest BCUT2D eigenvalue weighted by Crippen LogP contribution is 2.11. The first-order valence-electron chi connectivity index (χ1n) is 6.09. The Kier molecular flexibility index (Phi) is 6.31. The lowest BCUT2D eigenvalue weighted by Gasteiger charge is -2.22. The molecule has 0 heterocycles. The maximum Gasteiger partial charge on any atom is 0.223 e. The molecule has 0 aliphatic heterocycles. The van der Waals surface area contributed by atoms with E-state index in [1.54, 1.807) is 0 Å². The van der Waals surface area contributed by atoms with Crippen LogP contribution in [0.25, 0.3) is 0 Å². The molecular weight excluding hydrogens is 208 g/mol. The number of amides is 1. The van der Waals surface area contributed by atoms with Crippen molar-refractivity contribution in [2.75, 3.05) is 0 Å². The summed E-state index contributed by atoms with van der Waals surface area (Å²) >= 11 is 0. The first-order chi connectivity index (χ1) is 7.25. The predicted octanol–water partition coefficient (Wildman–Crippen LogP) is 2.40. The number of hydrogen-bond donors (Lipinski definition) is 1. The van der Waals surface area contributed by atoms with Crippen LogP contribution in [0, 0.1) is 17.8 Å². The number of carbonyl (C=O) groups is 2. The maximum absolute atomic E-state index is 11.9. The van der Waals surface area contributed by atoms with Gasteiger partial charge >= 0.3 is 0 Å². The topological polar surface area (TPSA) is 46.2 Å². The van der Waals surface area contributed by atoms with Gasteiger partial charge in [0.2, 0.25) is 5.91 Å². The first kappa shape index (κ1) is 15.1. The molecule has 0 saturated heterocycles. The molecule has 0 aromatic heterocycles. The van der Waals surface area contributed by atoms with Crippen LogP contribution >= 0.6 is 0 Å². The fraction of sp³-hybridized carbons (Fsp3) is 0.846. The fourth-order valence-corrected chi connectivity index (χ4v) is 1.46. The molecule has 0 aromatic rings. The van der Waals surface area contributed by atoms with Gasteiger partial charge in [-0.25, -0.2) is 0 Å².